The molecule has 220 valence electrons. The minimum Gasteiger partial charge on any atom is -0.507 e. The SMILES string of the molecule is CC1CC=C(C#Cc2ccc(O)c3c2C[C@]2(C)C[C@]4(C)[C@@H](C(C)C)C(O)[C@@H](C(N)=O)C(=O)[C@]4(O)C(O)[C@H]2C3=O)CC1. The summed E-state index contributed by atoms with van der Waals surface area (Å²) >= 11 is 0. The molecule has 4 aliphatic carbocycles. The van der Waals surface area contributed by atoms with Gasteiger partial charge in [0.15, 0.2) is 17.2 Å². The summed E-state index contributed by atoms with van der Waals surface area (Å²) in [4.78, 5) is 40.3. The summed E-state index contributed by atoms with van der Waals surface area (Å²) in [6.45, 7) is 9.34. The van der Waals surface area contributed by atoms with Gasteiger partial charge in [0, 0.05) is 11.0 Å². The van der Waals surface area contributed by atoms with Crippen LogP contribution in [0, 0.1) is 52.3 Å². The largest absolute Gasteiger partial charge is 0.507 e. The highest BCUT2D eigenvalue weighted by molar-refractivity contribution is 6.09. The van der Waals surface area contributed by atoms with E-state index in [1.54, 1.807) is 13.0 Å². The molecule has 6 N–H and O–H groups in total. The number of carbonyl (C=O) groups is 3. The Hall–Kier alpha value is -2.99. The molecule has 8 nitrogen and oxygen atoms in total. The number of allylic oxidation sites excluding steroid dienone is 2. The number of fused-ring (bicyclic) bond motifs is 3. The summed E-state index contributed by atoms with van der Waals surface area (Å²) in [6.07, 6.45) is 2.07. The Morgan fingerprint density at radius 2 is 1.83 bits per heavy atom. The minimum absolute atomic E-state index is 0.0342. The maximum Gasteiger partial charge on any atom is 0.230 e. The van der Waals surface area contributed by atoms with E-state index < -0.39 is 63.9 Å². The lowest BCUT2D eigenvalue weighted by molar-refractivity contribution is -0.265. The Morgan fingerprint density at radius 3 is 2.41 bits per heavy atom. The molecule has 1 aromatic rings. The topological polar surface area (TPSA) is 158 Å². The number of amides is 1. The van der Waals surface area contributed by atoms with Crippen LogP contribution in [0.4, 0.5) is 0 Å². The van der Waals surface area contributed by atoms with Gasteiger partial charge in [0.2, 0.25) is 5.91 Å². The summed E-state index contributed by atoms with van der Waals surface area (Å²) in [7, 11) is 0. The molecule has 4 aliphatic rings. The van der Waals surface area contributed by atoms with Crippen molar-refractivity contribution in [2.75, 3.05) is 0 Å². The molecule has 41 heavy (non-hydrogen) atoms. The quantitative estimate of drug-likeness (QED) is 0.273. The molecule has 9 atom stereocenters. The zero-order valence-electron chi connectivity index (χ0n) is 24.4. The average Bonchev–Trinajstić information content (AvgIpc) is 2.86. The molecule has 0 bridgehead atoms. The van der Waals surface area contributed by atoms with Crippen molar-refractivity contribution in [3.05, 3.63) is 40.5 Å². The van der Waals surface area contributed by atoms with Crippen LogP contribution in [-0.4, -0.2) is 55.7 Å². The molecule has 2 fully saturated rings. The number of ketones is 2. The number of hydrogen-bond acceptors (Lipinski definition) is 7. The number of rotatable bonds is 2. The Bertz CT molecular complexity index is 1420. The lowest BCUT2D eigenvalue weighted by Crippen LogP contribution is -2.79. The van der Waals surface area contributed by atoms with Gasteiger partial charge in [0.25, 0.3) is 0 Å². The molecule has 0 saturated heterocycles. The smallest absolute Gasteiger partial charge is 0.230 e. The number of Topliss-reactive ketones (excluding diaryl/α,β-unsaturated/α-hetero) is 2. The van der Waals surface area contributed by atoms with Gasteiger partial charge in [0.05, 0.1) is 17.6 Å². The second kappa shape index (κ2) is 9.79. The second-order valence-corrected chi connectivity index (χ2v) is 13.8. The van der Waals surface area contributed by atoms with Gasteiger partial charge in [-0.15, -0.1) is 0 Å². The van der Waals surface area contributed by atoms with E-state index in [0.717, 1.165) is 24.8 Å². The first kappa shape index (κ1) is 29.5. The van der Waals surface area contributed by atoms with Crippen molar-refractivity contribution in [3.8, 4) is 17.6 Å². The highest BCUT2D eigenvalue weighted by Crippen LogP contribution is 2.65. The van der Waals surface area contributed by atoms with Crippen molar-refractivity contribution in [2.45, 2.75) is 84.5 Å². The van der Waals surface area contributed by atoms with Crippen molar-refractivity contribution in [2.24, 2.45) is 46.2 Å². The van der Waals surface area contributed by atoms with Gasteiger partial charge in [-0.2, -0.15) is 0 Å². The van der Waals surface area contributed by atoms with Crippen molar-refractivity contribution in [3.63, 3.8) is 0 Å². The van der Waals surface area contributed by atoms with E-state index in [1.807, 2.05) is 20.8 Å². The van der Waals surface area contributed by atoms with Crippen LogP contribution >= 0.6 is 0 Å². The number of primary amides is 1. The fourth-order valence-corrected chi connectivity index (χ4v) is 8.88. The number of nitrogens with two attached hydrogens (primary N) is 1. The number of phenols is 1. The molecular formula is C33H41NO7. The molecule has 1 aromatic carbocycles. The number of aliphatic hydroxyl groups is 3. The number of benzene rings is 1. The maximum atomic E-state index is 14.2. The molecule has 1 amide bonds. The van der Waals surface area contributed by atoms with Gasteiger partial charge in [-0.3, -0.25) is 14.4 Å². The van der Waals surface area contributed by atoms with Crippen LogP contribution in [-0.2, 0) is 16.0 Å². The third-order valence-corrected chi connectivity index (χ3v) is 10.7. The molecule has 0 spiro atoms. The standard InChI is InChI=1S/C33H41NO7/c1-16(2)24-27(37)23(30(34)40)28(38)33(41)29(39)25-26(36)22-20(14-31(25,4)15-32(24,33)5)19(12-13-21(22)35)11-10-18-8-6-17(3)7-9-18/h8,12-13,16-17,23-25,27,29,35,37,39,41H,6-7,9,14-15H2,1-5H3,(H2,34,40)/t17?,23-,24+,25-,27?,29?,31-,32-,33+/m1/s1. The summed E-state index contributed by atoms with van der Waals surface area (Å²) < 4.78 is 0. The van der Waals surface area contributed by atoms with E-state index in [4.69, 9.17) is 5.73 Å². The monoisotopic (exact) mass is 563 g/mol. The Kier molecular flexibility index (Phi) is 7.05. The van der Waals surface area contributed by atoms with Gasteiger partial charge in [0.1, 0.15) is 17.8 Å². The predicted octanol–water partition coefficient (Wildman–Crippen LogP) is 2.67. The van der Waals surface area contributed by atoms with E-state index in [-0.39, 0.29) is 30.1 Å². The minimum atomic E-state index is -2.52. The van der Waals surface area contributed by atoms with Crippen LogP contribution in [0.15, 0.2) is 23.8 Å². The third kappa shape index (κ3) is 4.11. The van der Waals surface area contributed by atoms with E-state index in [2.05, 4.69) is 24.8 Å². The molecule has 3 unspecified atom stereocenters. The summed E-state index contributed by atoms with van der Waals surface area (Å²) in [5.41, 5.74) is 2.92. The number of hydrogen-bond donors (Lipinski definition) is 5. The van der Waals surface area contributed by atoms with E-state index in [9.17, 15) is 34.8 Å². The Balaban J connectivity index is 1.65. The van der Waals surface area contributed by atoms with Crippen molar-refractivity contribution < 1.29 is 34.8 Å². The lowest BCUT2D eigenvalue weighted by atomic mass is 9.39. The van der Waals surface area contributed by atoms with Crippen LogP contribution < -0.4 is 5.73 Å². The molecule has 0 aromatic heterocycles. The Morgan fingerprint density at radius 1 is 1.15 bits per heavy atom. The van der Waals surface area contributed by atoms with Crippen molar-refractivity contribution >= 4 is 17.5 Å². The highest BCUT2D eigenvalue weighted by atomic mass is 16.4. The van der Waals surface area contributed by atoms with Crippen LogP contribution in [0.3, 0.4) is 0 Å². The maximum absolute atomic E-state index is 14.2. The number of phenolic OH excluding ortho intramolecular Hbond substituents is 1. The molecule has 0 radical (unpaired) electrons. The lowest BCUT2D eigenvalue weighted by Gasteiger charge is -2.66. The average molecular weight is 564 g/mol. The van der Waals surface area contributed by atoms with E-state index in [0.29, 0.717) is 17.0 Å². The normalized spacial score (nSPS) is 40.1. The highest BCUT2D eigenvalue weighted by Gasteiger charge is 2.75. The van der Waals surface area contributed by atoms with Crippen LogP contribution in [0.2, 0.25) is 0 Å². The van der Waals surface area contributed by atoms with E-state index in [1.165, 1.54) is 6.07 Å². The van der Waals surface area contributed by atoms with Crippen molar-refractivity contribution in [1.29, 1.82) is 0 Å². The van der Waals surface area contributed by atoms with Crippen molar-refractivity contribution in [1.82, 2.24) is 0 Å². The number of aromatic hydroxyl groups is 1. The zero-order chi connectivity index (χ0) is 30.2. The van der Waals surface area contributed by atoms with Gasteiger partial charge >= 0.3 is 0 Å². The fourth-order valence-electron chi connectivity index (χ4n) is 8.88. The molecule has 2 saturated carbocycles. The second-order valence-electron chi connectivity index (χ2n) is 13.8. The van der Waals surface area contributed by atoms with Crippen LogP contribution in [0.1, 0.15) is 81.8 Å². The molecule has 8 heteroatoms. The first-order chi connectivity index (χ1) is 19.1. The third-order valence-electron chi connectivity index (χ3n) is 10.7. The molecular weight excluding hydrogens is 522 g/mol. The number of aliphatic hydroxyl groups excluding tert-OH is 2. The zero-order valence-corrected chi connectivity index (χ0v) is 24.4. The van der Waals surface area contributed by atoms with Gasteiger partial charge in [-0.25, -0.2) is 0 Å². The summed E-state index contributed by atoms with van der Waals surface area (Å²) in [6, 6.07) is 3.11. The Labute approximate surface area is 241 Å². The molecule has 5 rings (SSSR count). The van der Waals surface area contributed by atoms with Gasteiger partial charge in [-0.05, 0) is 78.5 Å². The van der Waals surface area contributed by atoms with Crippen LogP contribution in [0.5, 0.6) is 5.75 Å². The predicted molar refractivity (Wildman–Crippen MR) is 151 cm³/mol. The number of carbonyl (C=O) groups excluding carboxylic acids is 3. The fraction of sp³-hybridized carbons (Fsp3) is 0.606. The van der Waals surface area contributed by atoms with E-state index >= 15 is 0 Å². The summed E-state index contributed by atoms with van der Waals surface area (Å²) in [5.74, 6) is 0.0489. The molecule has 0 heterocycles. The molecule has 0 aliphatic heterocycles. The van der Waals surface area contributed by atoms with Gasteiger partial charge in [-0.1, -0.05) is 52.5 Å². The first-order valence-corrected chi connectivity index (χ1v) is 14.6. The first-order valence-electron chi connectivity index (χ1n) is 14.6. The summed E-state index contributed by atoms with van der Waals surface area (Å²) in [5, 5.41) is 46.1. The van der Waals surface area contributed by atoms with Gasteiger partial charge < -0.3 is 26.2 Å². The van der Waals surface area contributed by atoms with Crippen LogP contribution in [0.25, 0.3) is 0 Å².